The summed E-state index contributed by atoms with van der Waals surface area (Å²) >= 11 is 0. The summed E-state index contributed by atoms with van der Waals surface area (Å²) in [5.74, 6) is -2.53. The predicted molar refractivity (Wildman–Crippen MR) is 96.6 cm³/mol. The van der Waals surface area contributed by atoms with Gasteiger partial charge in [-0.15, -0.1) is 0 Å². The predicted octanol–water partition coefficient (Wildman–Crippen LogP) is -0.493. The Hall–Kier alpha value is -2.54. The van der Waals surface area contributed by atoms with Crippen molar-refractivity contribution in [3.63, 3.8) is 0 Å². The number of carbonyl (C=O) groups is 2. The molecule has 0 atom stereocenters. The number of carboxylic acid groups (broad SMARTS) is 1. The van der Waals surface area contributed by atoms with Crippen LogP contribution in [0.25, 0.3) is 10.9 Å². The maximum Gasteiger partial charge on any atom is 1.00 e. The molecule has 0 radical (unpaired) electrons. The molecule has 0 amide bonds. The van der Waals surface area contributed by atoms with Crippen molar-refractivity contribution in [3.05, 3.63) is 72.6 Å². The number of H-pyrrole nitrogens is 1. The molecule has 0 aliphatic rings. The second-order valence-corrected chi connectivity index (χ2v) is 5.48. The third-order valence-electron chi connectivity index (χ3n) is 3.83. The van der Waals surface area contributed by atoms with Crippen molar-refractivity contribution >= 4 is 34.2 Å². The summed E-state index contributed by atoms with van der Waals surface area (Å²) in [5.41, 5.74) is 1.74. The van der Waals surface area contributed by atoms with Crippen molar-refractivity contribution in [2.45, 2.75) is 6.92 Å². The smallest absolute Gasteiger partial charge is 0.544 e. The number of ether oxygens (including phenoxy) is 1. The molecule has 6 nitrogen and oxygen atoms in total. The van der Waals surface area contributed by atoms with Crippen LogP contribution in [0.4, 0.5) is 11.4 Å². The summed E-state index contributed by atoms with van der Waals surface area (Å²) in [6, 6.07) is 16.7. The van der Waals surface area contributed by atoms with E-state index in [0.29, 0.717) is 11.4 Å². The monoisotopic (exact) mass is 372 g/mol. The van der Waals surface area contributed by atoms with Gasteiger partial charge in [-0.3, -0.25) is 0 Å². The van der Waals surface area contributed by atoms with Crippen molar-refractivity contribution in [2.75, 3.05) is 11.5 Å². The summed E-state index contributed by atoms with van der Waals surface area (Å²) in [7, 11) is 0. The number of rotatable bonds is 6. The summed E-state index contributed by atoms with van der Waals surface area (Å²) < 4.78 is 4.84. The van der Waals surface area contributed by atoms with Gasteiger partial charge in [0.25, 0.3) is 0 Å². The number of hydrogen-bond donors (Lipinski definition) is 1. The van der Waals surface area contributed by atoms with E-state index >= 15 is 0 Å². The van der Waals surface area contributed by atoms with Gasteiger partial charge in [0.1, 0.15) is 0 Å². The van der Waals surface area contributed by atoms with Crippen LogP contribution in [0.1, 0.15) is 6.92 Å². The first-order valence-corrected chi connectivity index (χ1v) is 8.12. The number of esters is 1. The molecule has 1 aromatic heterocycles. The third-order valence-corrected chi connectivity index (χ3v) is 3.83. The Labute approximate surface area is 178 Å². The zero-order chi connectivity index (χ0) is 18.5. The van der Waals surface area contributed by atoms with Crippen LogP contribution >= 0.6 is 0 Å². The average Bonchev–Trinajstić information content (AvgIpc) is 3.07. The molecule has 0 bridgehead atoms. The zero-order valence-corrected chi connectivity index (χ0v) is 17.1. The first kappa shape index (κ1) is 20.8. The molecule has 0 fully saturated rings. The number of fused-ring (bicyclic) bond motifs is 1. The Morgan fingerprint density at radius 3 is 2.44 bits per heavy atom. The Balaban J connectivity index is 0.00000261. The van der Waals surface area contributed by atoms with Gasteiger partial charge >= 0.3 is 35.5 Å². The van der Waals surface area contributed by atoms with Crippen molar-refractivity contribution in [1.29, 1.82) is 0 Å². The van der Waals surface area contributed by atoms with Crippen LogP contribution in [0.5, 0.6) is 0 Å². The molecule has 0 spiro atoms. The van der Waals surface area contributed by atoms with Crippen LogP contribution in [0.2, 0.25) is 0 Å². The van der Waals surface area contributed by atoms with Gasteiger partial charge in [0.2, 0.25) is 0 Å². The summed E-state index contributed by atoms with van der Waals surface area (Å²) in [5, 5.41) is 12.4. The minimum absolute atomic E-state index is 0. The van der Waals surface area contributed by atoms with E-state index in [1.165, 1.54) is 6.20 Å². The van der Waals surface area contributed by atoms with E-state index in [1.807, 2.05) is 54.6 Å². The molecule has 0 aliphatic heterocycles. The molecule has 1 heterocycles. The van der Waals surface area contributed by atoms with Crippen molar-refractivity contribution in [1.82, 2.24) is 4.98 Å². The molecule has 3 aromatic rings. The number of nitrogens with zero attached hydrogens (tertiary/aromatic N) is 1. The number of anilines is 2. The number of hydrogen-bond acceptors (Lipinski definition) is 5. The molecule has 7 heteroatoms. The fourth-order valence-electron chi connectivity index (χ4n) is 2.65. The summed E-state index contributed by atoms with van der Waals surface area (Å²) in [4.78, 5) is 28.3. The van der Waals surface area contributed by atoms with E-state index in [2.05, 4.69) is 4.98 Å². The maximum atomic E-state index is 12.0. The van der Waals surface area contributed by atoms with E-state index in [1.54, 1.807) is 18.0 Å². The largest absolute Gasteiger partial charge is 1.00 e. The molecule has 1 N–H and O–H groups in total. The Bertz CT molecular complexity index is 966. The number of aromatic nitrogens is 1. The van der Waals surface area contributed by atoms with Crippen LogP contribution in [-0.4, -0.2) is 23.5 Å². The summed E-state index contributed by atoms with van der Waals surface area (Å²) in [6.45, 7) is 1.68. The number of benzene rings is 2. The SMILES string of the molecule is CCOC(=O)/C(=C/N(c1ccccc1)c1c[nH]c2ccccc12)C(=O)[O-].[Na+]. The van der Waals surface area contributed by atoms with Gasteiger partial charge in [0, 0.05) is 29.0 Å². The molecule has 0 saturated carbocycles. The Kier molecular flexibility index (Phi) is 7.24. The number of nitrogens with one attached hydrogen (secondary N) is 1. The van der Waals surface area contributed by atoms with E-state index in [-0.39, 0.29) is 36.2 Å². The molecule has 0 saturated heterocycles. The standard InChI is InChI=1S/C20H18N2O4.Na/c1-2-26-20(25)16(19(23)24)13-22(14-8-4-3-5-9-14)18-12-21-17-11-7-6-10-15(17)18;/h3-13,21H,2H2,1H3,(H,23,24);/q;+1/p-1/b16-13+;. The zero-order valence-electron chi connectivity index (χ0n) is 15.1. The number of para-hydroxylation sites is 2. The van der Waals surface area contributed by atoms with Crippen LogP contribution in [0, 0.1) is 0 Å². The molecule has 132 valence electrons. The van der Waals surface area contributed by atoms with Gasteiger partial charge in [-0.2, -0.15) is 0 Å². The number of aromatic amines is 1. The Morgan fingerprint density at radius 2 is 1.78 bits per heavy atom. The third kappa shape index (κ3) is 4.60. The molecule has 0 unspecified atom stereocenters. The van der Waals surface area contributed by atoms with Gasteiger partial charge in [0.15, 0.2) is 0 Å². The topological polar surface area (TPSA) is 85.5 Å². The van der Waals surface area contributed by atoms with Gasteiger partial charge in [-0.1, -0.05) is 36.4 Å². The van der Waals surface area contributed by atoms with Crippen LogP contribution in [0.15, 0.2) is 72.6 Å². The Morgan fingerprint density at radius 1 is 1.11 bits per heavy atom. The van der Waals surface area contributed by atoms with Gasteiger partial charge in [-0.05, 0) is 25.1 Å². The van der Waals surface area contributed by atoms with Crippen molar-refractivity contribution in [3.8, 4) is 0 Å². The van der Waals surface area contributed by atoms with Crippen LogP contribution in [0.3, 0.4) is 0 Å². The molecule has 27 heavy (non-hydrogen) atoms. The van der Waals surface area contributed by atoms with Crippen LogP contribution < -0.4 is 39.6 Å². The normalized spacial score (nSPS) is 10.9. The first-order valence-electron chi connectivity index (χ1n) is 8.12. The number of carbonyl (C=O) groups excluding carboxylic acids is 2. The molecular formula is C20H17N2NaO4. The van der Waals surface area contributed by atoms with Crippen molar-refractivity contribution in [2.24, 2.45) is 0 Å². The molecule has 2 aromatic carbocycles. The fourth-order valence-corrected chi connectivity index (χ4v) is 2.65. The maximum absolute atomic E-state index is 12.0. The van der Waals surface area contributed by atoms with Gasteiger partial charge in [-0.25, -0.2) is 4.79 Å². The average molecular weight is 372 g/mol. The second-order valence-electron chi connectivity index (χ2n) is 5.48. The fraction of sp³-hybridized carbons (Fsp3) is 0.100. The quantitative estimate of drug-likeness (QED) is 0.207. The molecule has 3 rings (SSSR count). The van der Waals surface area contributed by atoms with Crippen molar-refractivity contribution < 1.29 is 49.0 Å². The van der Waals surface area contributed by atoms with Gasteiger partial charge < -0.3 is 24.5 Å². The molecule has 0 aliphatic carbocycles. The number of aliphatic carboxylic acids is 1. The number of carboxylic acids is 1. The van der Waals surface area contributed by atoms with Gasteiger partial charge in [0.05, 0.1) is 23.8 Å². The minimum atomic E-state index is -1.59. The van der Waals surface area contributed by atoms with E-state index in [4.69, 9.17) is 4.74 Å². The van der Waals surface area contributed by atoms with E-state index in [0.717, 1.165) is 10.9 Å². The minimum Gasteiger partial charge on any atom is -0.544 e. The van der Waals surface area contributed by atoms with E-state index < -0.39 is 17.5 Å². The van der Waals surface area contributed by atoms with Crippen LogP contribution in [-0.2, 0) is 14.3 Å². The van der Waals surface area contributed by atoms with E-state index in [9.17, 15) is 14.7 Å². The molecular weight excluding hydrogens is 355 g/mol. The summed E-state index contributed by atoms with van der Waals surface area (Å²) in [6.07, 6.45) is 2.99. The second kappa shape index (κ2) is 9.41. The first-order chi connectivity index (χ1) is 12.6.